The Balaban J connectivity index is 2.03. The SMILES string of the molecule is COCCN/C=C1/N=C(NCc2ccc(Cl)c(Cl)c2)NC(=O)C1=N. The van der Waals surface area contributed by atoms with E-state index < -0.39 is 5.91 Å². The number of amides is 1. The first-order valence-corrected chi connectivity index (χ1v) is 7.86. The maximum absolute atomic E-state index is 11.8. The normalized spacial score (nSPS) is 16.0. The number of carbonyl (C=O) groups excluding carboxylic acids is 1. The molecule has 1 aromatic rings. The predicted octanol–water partition coefficient (Wildman–Crippen LogP) is 1.67. The molecule has 4 N–H and O–H groups in total. The van der Waals surface area contributed by atoms with E-state index in [1.807, 2.05) is 6.07 Å². The molecule has 0 bridgehead atoms. The minimum atomic E-state index is -0.526. The number of hydrogen-bond donors (Lipinski definition) is 4. The first-order chi connectivity index (χ1) is 11.5. The highest BCUT2D eigenvalue weighted by Gasteiger charge is 2.22. The maximum Gasteiger partial charge on any atom is 0.278 e. The number of methoxy groups -OCH3 is 1. The van der Waals surface area contributed by atoms with Gasteiger partial charge in [-0.2, -0.15) is 0 Å². The monoisotopic (exact) mass is 369 g/mol. The number of carbonyl (C=O) groups is 1. The molecule has 0 saturated carbocycles. The molecule has 0 aliphatic carbocycles. The molecular weight excluding hydrogens is 353 g/mol. The fourth-order valence-corrected chi connectivity index (χ4v) is 2.16. The lowest BCUT2D eigenvalue weighted by molar-refractivity contribution is -0.113. The molecule has 1 aromatic carbocycles. The van der Waals surface area contributed by atoms with Crippen molar-refractivity contribution in [3.63, 3.8) is 0 Å². The number of nitrogens with one attached hydrogen (secondary N) is 4. The number of rotatable bonds is 6. The summed E-state index contributed by atoms with van der Waals surface area (Å²) < 4.78 is 4.91. The van der Waals surface area contributed by atoms with E-state index in [2.05, 4.69) is 20.9 Å². The molecule has 1 amide bonds. The van der Waals surface area contributed by atoms with Gasteiger partial charge >= 0.3 is 0 Å². The van der Waals surface area contributed by atoms with Gasteiger partial charge in [0.25, 0.3) is 5.91 Å². The van der Waals surface area contributed by atoms with Crippen LogP contribution in [0.25, 0.3) is 0 Å². The van der Waals surface area contributed by atoms with Crippen LogP contribution in [0.2, 0.25) is 10.0 Å². The molecule has 2 rings (SSSR count). The number of benzene rings is 1. The lowest BCUT2D eigenvalue weighted by atomic mass is 10.2. The molecule has 1 aliphatic heterocycles. The highest BCUT2D eigenvalue weighted by Crippen LogP contribution is 2.22. The summed E-state index contributed by atoms with van der Waals surface area (Å²) in [6, 6.07) is 5.24. The molecule has 0 spiro atoms. The van der Waals surface area contributed by atoms with Crippen LogP contribution in [-0.2, 0) is 16.1 Å². The van der Waals surface area contributed by atoms with Crippen molar-refractivity contribution in [3.05, 3.63) is 45.7 Å². The van der Waals surface area contributed by atoms with E-state index in [4.69, 9.17) is 33.3 Å². The number of hydrogen-bond acceptors (Lipinski definition) is 6. The minimum Gasteiger partial charge on any atom is -0.387 e. The van der Waals surface area contributed by atoms with Gasteiger partial charge in [0.1, 0.15) is 11.4 Å². The lowest BCUT2D eigenvalue weighted by Gasteiger charge is -2.17. The Morgan fingerprint density at radius 1 is 1.38 bits per heavy atom. The van der Waals surface area contributed by atoms with Crippen LogP contribution < -0.4 is 16.0 Å². The van der Waals surface area contributed by atoms with Crippen molar-refractivity contribution in [3.8, 4) is 0 Å². The van der Waals surface area contributed by atoms with Crippen molar-refractivity contribution in [2.24, 2.45) is 4.99 Å². The third-order valence-corrected chi connectivity index (χ3v) is 3.82. The molecule has 1 heterocycles. The van der Waals surface area contributed by atoms with Crippen LogP contribution in [0.1, 0.15) is 5.56 Å². The van der Waals surface area contributed by atoms with Crippen LogP contribution in [0.5, 0.6) is 0 Å². The maximum atomic E-state index is 11.8. The van der Waals surface area contributed by atoms with Crippen molar-refractivity contribution in [1.82, 2.24) is 16.0 Å². The van der Waals surface area contributed by atoms with E-state index in [0.29, 0.717) is 29.7 Å². The Labute approximate surface area is 149 Å². The molecule has 0 atom stereocenters. The van der Waals surface area contributed by atoms with E-state index in [-0.39, 0.29) is 17.4 Å². The van der Waals surface area contributed by atoms with Crippen molar-refractivity contribution < 1.29 is 9.53 Å². The van der Waals surface area contributed by atoms with Crippen LogP contribution in [-0.4, -0.2) is 37.8 Å². The molecule has 0 aromatic heterocycles. The largest absolute Gasteiger partial charge is 0.387 e. The average Bonchev–Trinajstić information content (AvgIpc) is 2.56. The van der Waals surface area contributed by atoms with Gasteiger partial charge in [0.2, 0.25) is 5.96 Å². The molecule has 0 radical (unpaired) electrons. The van der Waals surface area contributed by atoms with Crippen LogP contribution in [0.15, 0.2) is 35.1 Å². The summed E-state index contributed by atoms with van der Waals surface area (Å²) >= 11 is 11.8. The average molecular weight is 370 g/mol. The molecule has 9 heteroatoms. The lowest BCUT2D eigenvalue weighted by Crippen LogP contribution is -2.47. The van der Waals surface area contributed by atoms with Crippen molar-refractivity contribution in [1.29, 1.82) is 5.41 Å². The smallest absolute Gasteiger partial charge is 0.278 e. The van der Waals surface area contributed by atoms with Gasteiger partial charge in [0.15, 0.2) is 0 Å². The van der Waals surface area contributed by atoms with Crippen LogP contribution in [0.3, 0.4) is 0 Å². The van der Waals surface area contributed by atoms with E-state index in [9.17, 15) is 4.79 Å². The quantitative estimate of drug-likeness (QED) is 0.573. The fraction of sp³-hybridized carbons (Fsp3) is 0.267. The molecule has 1 aliphatic rings. The Kier molecular flexibility index (Phi) is 6.60. The molecule has 7 nitrogen and oxygen atoms in total. The minimum absolute atomic E-state index is 0.208. The van der Waals surface area contributed by atoms with Gasteiger partial charge in [-0.05, 0) is 17.7 Å². The van der Waals surface area contributed by atoms with Gasteiger partial charge in [0.05, 0.1) is 16.7 Å². The zero-order valence-electron chi connectivity index (χ0n) is 13.0. The van der Waals surface area contributed by atoms with Crippen LogP contribution in [0.4, 0.5) is 0 Å². The van der Waals surface area contributed by atoms with Gasteiger partial charge in [-0.25, -0.2) is 4.99 Å². The molecule has 24 heavy (non-hydrogen) atoms. The number of ether oxygens (including phenoxy) is 1. The third kappa shape index (κ3) is 4.95. The second kappa shape index (κ2) is 8.68. The third-order valence-electron chi connectivity index (χ3n) is 3.08. The summed E-state index contributed by atoms with van der Waals surface area (Å²) in [6.45, 7) is 1.46. The molecule has 0 fully saturated rings. The van der Waals surface area contributed by atoms with Gasteiger partial charge in [-0.15, -0.1) is 0 Å². The number of nitrogens with zero attached hydrogens (tertiary/aromatic N) is 1. The highest BCUT2D eigenvalue weighted by molar-refractivity contribution is 6.47. The van der Waals surface area contributed by atoms with Gasteiger partial charge in [-0.3, -0.25) is 15.5 Å². The summed E-state index contributed by atoms with van der Waals surface area (Å²) in [7, 11) is 1.59. The Bertz CT molecular complexity index is 703. The first kappa shape index (κ1) is 18.3. The van der Waals surface area contributed by atoms with Gasteiger partial charge in [-0.1, -0.05) is 29.3 Å². The van der Waals surface area contributed by atoms with Gasteiger partial charge < -0.3 is 15.4 Å². The van der Waals surface area contributed by atoms with Crippen molar-refractivity contribution >= 4 is 40.8 Å². The van der Waals surface area contributed by atoms with Gasteiger partial charge in [0, 0.05) is 26.4 Å². The predicted molar refractivity (Wildman–Crippen MR) is 94.6 cm³/mol. The highest BCUT2D eigenvalue weighted by atomic mass is 35.5. The summed E-state index contributed by atoms with van der Waals surface area (Å²) in [5.41, 5.74) is 0.914. The first-order valence-electron chi connectivity index (χ1n) is 7.10. The zero-order chi connectivity index (χ0) is 17.5. The number of aliphatic imine (C=N–C) groups is 1. The Hall–Kier alpha value is -2.09. The molecule has 0 unspecified atom stereocenters. The Morgan fingerprint density at radius 3 is 2.88 bits per heavy atom. The summed E-state index contributed by atoms with van der Waals surface area (Å²) in [6.07, 6.45) is 1.51. The second-order valence-electron chi connectivity index (χ2n) is 4.87. The van der Waals surface area contributed by atoms with Crippen molar-refractivity contribution in [2.75, 3.05) is 20.3 Å². The van der Waals surface area contributed by atoms with E-state index in [1.54, 1.807) is 19.2 Å². The van der Waals surface area contributed by atoms with Crippen LogP contribution in [0, 0.1) is 5.41 Å². The van der Waals surface area contributed by atoms with E-state index >= 15 is 0 Å². The molecule has 0 saturated heterocycles. The molecule has 128 valence electrons. The second-order valence-corrected chi connectivity index (χ2v) is 5.68. The fourth-order valence-electron chi connectivity index (χ4n) is 1.84. The summed E-state index contributed by atoms with van der Waals surface area (Å²) in [5, 5.41) is 17.1. The topological polar surface area (TPSA) is 98.6 Å². The van der Waals surface area contributed by atoms with E-state index in [0.717, 1.165) is 5.56 Å². The Morgan fingerprint density at radius 2 is 2.17 bits per heavy atom. The van der Waals surface area contributed by atoms with Crippen LogP contribution >= 0.6 is 23.2 Å². The standard InChI is InChI=1S/C15H17Cl2N5O2/c1-24-5-4-19-8-12-13(18)14(23)22-15(21-12)20-7-9-2-3-10(16)11(17)6-9/h2-3,6,8,18-19H,4-5,7H2,1H3,(H2,20,21,22,23)/b12-8+,18-13?. The van der Waals surface area contributed by atoms with Crippen molar-refractivity contribution in [2.45, 2.75) is 6.54 Å². The number of guanidine groups is 1. The zero-order valence-corrected chi connectivity index (χ0v) is 14.5. The summed E-state index contributed by atoms with van der Waals surface area (Å²) in [4.78, 5) is 16.0. The van der Waals surface area contributed by atoms with E-state index in [1.165, 1.54) is 6.20 Å². The summed E-state index contributed by atoms with van der Waals surface area (Å²) in [5.74, 6) is -0.261. The molecular formula is C15H17Cl2N5O2. The number of halogens is 2.